The van der Waals surface area contributed by atoms with E-state index in [4.69, 9.17) is 9.47 Å². The van der Waals surface area contributed by atoms with Gasteiger partial charge in [-0.2, -0.15) is 0 Å². The number of benzene rings is 1. The molecule has 98 valence electrons. The fourth-order valence-electron chi connectivity index (χ4n) is 2.67. The lowest BCUT2D eigenvalue weighted by atomic mass is 10.0. The minimum absolute atomic E-state index is 0.285. The Labute approximate surface area is 108 Å². The van der Waals surface area contributed by atoms with Crippen molar-refractivity contribution in [1.82, 2.24) is 5.32 Å². The van der Waals surface area contributed by atoms with Crippen molar-refractivity contribution in [2.24, 2.45) is 0 Å². The van der Waals surface area contributed by atoms with Gasteiger partial charge in [-0.15, -0.1) is 0 Å². The predicted octanol–water partition coefficient (Wildman–Crippen LogP) is 2.28. The Morgan fingerprint density at radius 1 is 1.28 bits per heavy atom. The van der Waals surface area contributed by atoms with Crippen molar-refractivity contribution in [2.75, 3.05) is 19.8 Å². The molecule has 1 saturated heterocycles. The highest BCUT2D eigenvalue weighted by molar-refractivity contribution is 5.37. The van der Waals surface area contributed by atoms with Gasteiger partial charge in [0, 0.05) is 13.2 Å². The molecule has 1 aromatic rings. The van der Waals surface area contributed by atoms with Crippen LogP contribution in [0, 0.1) is 0 Å². The summed E-state index contributed by atoms with van der Waals surface area (Å²) in [5.74, 6) is 0.978. The van der Waals surface area contributed by atoms with E-state index in [9.17, 15) is 0 Å². The van der Waals surface area contributed by atoms with Crippen molar-refractivity contribution in [3.63, 3.8) is 0 Å². The van der Waals surface area contributed by atoms with E-state index in [1.54, 1.807) is 0 Å². The third-order valence-electron chi connectivity index (χ3n) is 3.77. The predicted molar refractivity (Wildman–Crippen MR) is 70.9 cm³/mol. The lowest BCUT2D eigenvalue weighted by Crippen LogP contribution is -2.26. The maximum atomic E-state index is 5.86. The molecule has 3 heteroatoms. The largest absolute Gasteiger partial charge is 0.491 e. The van der Waals surface area contributed by atoms with Crippen LogP contribution >= 0.6 is 0 Å². The van der Waals surface area contributed by atoms with Crippen LogP contribution in [0.4, 0.5) is 0 Å². The molecule has 1 N–H and O–H groups in total. The van der Waals surface area contributed by atoms with E-state index >= 15 is 0 Å². The van der Waals surface area contributed by atoms with E-state index in [0.29, 0.717) is 6.61 Å². The van der Waals surface area contributed by atoms with E-state index in [2.05, 4.69) is 23.5 Å². The van der Waals surface area contributed by atoms with Crippen molar-refractivity contribution in [1.29, 1.82) is 0 Å². The van der Waals surface area contributed by atoms with Crippen molar-refractivity contribution in [3.8, 4) is 5.75 Å². The molecule has 18 heavy (non-hydrogen) atoms. The van der Waals surface area contributed by atoms with Crippen LogP contribution in [-0.4, -0.2) is 25.9 Å². The molecular formula is C15H21NO2. The molecule has 0 saturated carbocycles. The molecule has 0 spiro atoms. The molecular weight excluding hydrogens is 226 g/mol. The summed E-state index contributed by atoms with van der Waals surface area (Å²) >= 11 is 0. The average molecular weight is 247 g/mol. The molecule has 0 radical (unpaired) electrons. The Morgan fingerprint density at radius 3 is 3.17 bits per heavy atom. The molecule has 1 aromatic carbocycles. The summed E-state index contributed by atoms with van der Waals surface area (Å²) in [6.45, 7) is 3.63. The van der Waals surface area contributed by atoms with Crippen LogP contribution in [0.25, 0.3) is 0 Å². The summed E-state index contributed by atoms with van der Waals surface area (Å²) in [5, 5.41) is 3.39. The first kappa shape index (κ1) is 12.0. The summed E-state index contributed by atoms with van der Waals surface area (Å²) in [5.41, 5.74) is 2.83. The zero-order valence-corrected chi connectivity index (χ0v) is 10.8. The number of ether oxygens (including phenoxy) is 2. The van der Waals surface area contributed by atoms with Gasteiger partial charge in [-0.1, -0.05) is 6.07 Å². The Balaban J connectivity index is 1.58. The van der Waals surface area contributed by atoms with Gasteiger partial charge >= 0.3 is 0 Å². The molecule has 3 nitrogen and oxygen atoms in total. The second kappa shape index (κ2) is 5.72. The number of nitrogens with one attached hydrogen (secondary N) is 1. The van der Waals surface area contributed by atoms with Crippen LogP contribution < -0.4 is 10.1 Å². The van der Waals surface area contributed by atoms with E-state index < -0.39 is 0 Å². The second-order valence-corrected chi connectivity index (χ2v) is 5.16. The molecule has 1 atom stereocenters. The van der Waals surface area contributed by atoms with E-state index in [1.165, 1.54) is 24.0 Å². The minimum Gasteiger partial charge on any atom is -0.491 e. The standard InChI is InChI=1S/C15H21NO2/c1-2-8-17-15(3-1)11-18-14-5-4-12-6-7-16-10-13(12)9-14/h4-5,9,15-16H,1-3,6-8,10-11H2. The minimum atomic E-state index is 0.285. The molecule has 2 heterocycles. The van der Waals surface area contributed by atoms with Crippen molar-refractivity contribution in [3.05, 3.63) is 29.3 Å². The molecule has 2 aliphatic heterocycles. The highest BCUT2D eigenvalue weighted by Gasteiger charge is 2.15. The van der Waals surface area contributed by atoms with Gasteiger partial charge < -0.3 is 14.8 Å². The Morgan fingerprint density at radius 2 is 2.28 bits per heavy atom. The number of hydrogen-bond acceptors (Lipinski definition) is 3. The zero-order chi connectivity index (χ0) is 12.2. The van der Waals surface area contributed by atoms with E-state index in [1.807, 2.05) is 0 Å². The highest BCUT2D eigenvalue weighted by Crippen LogP contribution is 2.21. The maximum absolute atomic E-state index is 5.86. The van der Waals surface area contributed by atoms with Crippen LogP contribution in [-0.2, 0) is 17.7 Å². The molecule has 0 bridgehead atoms. The highest BCUT2D eigenvalue weighted by atomic mass is 16.5. The van der Waals surface area contributed by atoms with Crippen LogP contribution in [0.3, 0.4) is 0 Å². The first-order valence-corrected chi connectivity index (χ1v) is 6.99. The molecule has 1 unspecified atom stereocenters. The Bertz CT molecular complexity index is 399. The molecule has 2 aliphatic rings. The van der Waals surface area contributed by atoms with Gasteiger partial charge in [-0.25, -0.2) is 0 Å². The van der Waals surface area contributed by atoms with Gasteiger partial charge in [0.05, 0.1) is 6.10 Å². The smallest absolute Gasteiger partial charge is 0.119 e. The lowest BCUT2D eigenvalue weighted by Gasteiger charge is -2.23. The molecule has 0 aromatic heterocycles. The number of hydrogen-bond donors (Lipinski definition) is 1. The molecule has 3 rings (SSSR count). The summed E-state index contributed by atoms with van der Waals surface area (Å²) in [7, 11) is 0. The fraction of sp³-hybridized carbons (Fsp3) is 0.600. The number of fused-ring (bicyclic) bond motifs is 1. The normalized spacial score (nSPS) is 23.4. The van der Waals surface area contributed by atoms with Gasteiger partial charge in [0.25, 0.3) is 0 Å². The third-order valence-corrected chi connectivity index (χ3v) is 3.77. The first-order valence-electron chi connectivity index (χ1n) is 6.99. The third kappa shape index (κ3) is 2.85. The SMILES string of the molecule is c1cc2c(cc1OCC1CCCCO1)CNCC2. The maximum Gasteiger partial charge on any atom is 0.119 e. The van der Waals surface area contributed by atoms with Gasteiger partial charge in [-0.05, 0) is 55.5 Å². The average Bonchev–Trinajstić information content (AvgIpc) is 2.46. The monoisotopic (exact) mass is 247 g/mol. The van der Waals surface area contributed by atoms with Gasteiger partial charge in [0.15, 0.2) is 0 Å². The van der Waals surface area contributed by atoms with Crippen LogP contribution in [0.2, 0.25) is 0 Å². The Hall–Kier alpha value is -1.06. The second-order valence-electron chi connectivity index (χ2n) is 5.16. The van der Waals surface area contributed by atoms with Gasteiger partial charge in [0.1, 0.15) is 12.4 Å². The summed E-state index contributed by atoms with van der Waals surface area (Å²) in [6.07, 6.45) is 5.00. The van der Waals surface area contributed by atoms with E-state index in [0.717, 1.165) is 38.3 Å². The Kier molecular flexibility index (Phi) is 3.81. The topological polar surface area (TPSA) is 30.5 Å². The summed E-state index contributed by atoms with van der Waals surface area (Å²) < 4.78 is 11.5. The zero-order valence-electron chi connectivity index (χ0n) is 10.8. The van der Waals surface area contributed by atoms with Crippen LogP contribution in [0.1, 0.15) is 30.4 Å². The molecule has 1 fully saturated rings. The number of rotatable bonds is 3. The van der Waals surface area contributed by atoms with Gasteiger partial charge in [0.2, 0.25) is 0 Å². The first-order chi connectivity index (χ1) is 8.92. The van der Waals surface area contributed by atoms with Gasteiger partial charge in [-0.3, -0.25) is 0 Å². The molecule has 0 aliphatic carbocycles. The van der Waals surface area contributed by atoms with Crippen LogP contribution in [0.15, 0.2) is 18.2 Å². The van der Waals surface area contributed by atoms with Crippen molar-refractivity contribution < 1.29 is 9.47 Å². The molecule has 0 amide bonds. The summed E-state index contributed by atoms with van der Waals surface area (Å²) in [4.78, 5) is 0. The van der Waals surface area contributed by atoms with Crippen LogP contribution in [0.5, 0.6) is 5.75 Å². The van der Waals surface area contributed by atoms with Crippen molar-refractivity contribution >= 4 is 0 Å². The fourth-order valence-corrected chi connectivity index (χ4v) is 2.67. The lowest BCUT2D eigenvalue weighted by molar-refractivity contribution is -0.0110. The van der Waals surface area contributed by atoms with E-state index in [-0.39, 0.29) is 6.10 Å². The summed E-state index contributed by atoms with van der Waals surface area (Å²) in [6, 6.07) is 6.46. The quantitative estimate of drug-likeness (QED) is 0.889. The van der Waals surface area contributed by atoms with Crippen molar-refractivity contribution in [2.45, 2.75) is 38.3 Å².